The van der Waals surface area contributed by atoms with E-state index >= 15 is 0 Å². The Morgan fingerprint density at radius 2 is 1.64 bits per heavy atom. The van der Waals surface area contributed by atoms with Crippen LogP contribution in [0.4, 0.5) is 0 Å². The van der Waals surface area contributed by atoms with Gasteiger partial charge in [0.1, 0.15) is 17.7 Å². The molecule has 0 bridgehead atoms. The quantitative estimate of drug-likeness (QED) is 0.564. The van der Waals surface area contributed by atoms with Gasteiger partial charge >= 0.3 is 0 Å². The predicted octanol–water partition coefficient (Wildman–Crippen LogP) is 2.25. The largest absolute Gasteiger partial charge is 0.192 e. The molecule has 1 atom stereocenters. The van der Waals surface area contributed by atoms with Gasteiger partial charge in [-0.15, -0.1) is 0 Å². The number of hydrogen-bond acceptors (Lipinski definition) is 2. The van der Waals surface area contributed by atoms with E-state index in [2.05, 4.69) is 13.8 Å². The lowest BCUT2D eigenvalue weighted by Gasteiger charge is -2.08. The second-order valence-electron chi connectivity index (χ2n) is 2.91. The molecule has 2 heteroatoms. The lowest BCUT2D eigenvalue weighted by atomic mass is 9.96. The molecule has 0 aliphatic heterocycles. The SMILES string of the molecule is CC(C)C(C)C=C(C#N)C#N. The molecule has 0 saturated heterocycles. The van der Waals surface area contributed by atoms with Gasteiger partial charge in [-0.3, -0.25) is 0 Å². The molecule has 11 heavy (non-hydrogen) atoms. The minimum atomic E-state index is 0.214. The monoisotopic (exact) mass is 148 g/mol. The van der Waals surface area contributed by atoms with Gasteiger partial charge in [-0.05, 0) is 11.8 Å². The second kappa shape index (κ2) is 4.52. The fourth-order valence-electron chi connectivity index (χ4n) is 0.555. The number of allylic oxidation sites excluding steroid dienone is 2. The van der Waals surface area contributed by atoms with Gasteiger partial charge in [0.25, 0.3) is 0 Å². The van der Waals surface area contributed by atoms with E-state index in [4.69, 9.17) is 10.5 Å². The summed E-state index contributed by atoms with van der Waals surface area (Å²) in [5, 5.41) is 16.8. The Morgan fingerprint density at radius 1 is 1.18 bits per heavy atom. The molecule has 0 spiro atoms. The van der Waals surface area contributed by atoms with Crippen LogP contribution >= 0.6 is 0 Å². The summed E-state index contributed by atoms with van der Waals surface area (Å²) < 4.78 is 0. The fourth-order valence-corrected chi connectivity index (χ4v) is 0.555. The Balaban J connectivity index is 4.33. The topological polar surface area (TPSA) is 47.6 Å². The average molecular weight is 148 g/mol. The van der Waals surface area contributed by atoms with E-state index in [-0.39, 0.29) is 5.57 Å². The number of nitriles is 2. The molecule has 0 radical (unpaired) electrons. The van der Waals surface area contributed by atoms with E-state index in [1.807, 2.05) is 19.1 Å². The molecule has 0 aromatic rings. The molecule has 0 aromatic carbocycles. The van der Waals surface area contributed by atoms with Crippen molar-refractivity contribution >= 4 is 0 Å². The highest BCUT2D eigenvalue weighted by atomic mass is 14.3. The van der Waals surface area contributed by atoms with Crippen LogP contribution in [-0.2, 0) is 0 Å². The van der Waals surface area contributed by atoms with Crippen molar-refractivity contribution in [2.24, 2.45) is 11.8 Å². The van der Waals surface area contributed by atoms with Gasteiger partial charge in [0.15, 0.2) is 0 Å². The summed E-state index contributed by atoms with van der Waals surface area (Å²) in [5.41, 5.74) is 0.214. The Labute approximate surface area is 67.8 Å². The van der Waals surface area contributed by atoms with Crippen molar-refractivity contribution in [2.45, 2.75) is 20.8 Å². The summed E-state index contributed by atoms with van der Waals surface area (Å²) >= 11 is 0. The molecule has 0 rings (SSSR count). The van der Waals surface area contributed by atoms with Crippen molar-refractivity contribution < 1.29 is 0 Å². The number of hydrogen-bond donors (Lipinski definition) is 0. The molecule has 0 aliphatic carbocycles. The first-order chi connectivity index (χ1) is 5.11. The van der Waals surface area contributed by atoms with E-state index in [9.17, 15) is 0 Å². The van der Waals surface area contributed by atoms with Crippen LogP contribution in [0.3, 0.4) is 0 Å². The van der Waals surface area contributed by atoms with Crippen LogP contribution < -0.4 is 0 Å². The highest BCUT2D eigenvalue weighted by molar-refractivity contribution is 5.35. The molecule has 1 unspecified atom stereocenters. The lowest BCUT2D eigenvalue weighted by molar-refractivity contribution is 0.503. The summed E-state index contributed by atoms with van der Waals surface area (Å²) in [7, 11) is 0. The standard InChI is InChI=1S/C9H12N2/c1-7(2)8(3)4-9(5-10)6-11/h4,7-8H,1-3H3. The van der Waals surface area contributed by atoms with Crippen LogP contribution in [-0.4, -0.2) is 0 Å². The highest BCUT2D eigenvalue weighted by Crippen LogP contribution is 2.12. The van der Waals surface area contributed by atoms with Crippen molar-refractivity contribution in [1.29, 1.82) is 10.5 Å². The third-order valence-corrected chi connectivity index (χ3v) is 1.72. The second-order valence-corrected chi connectivity index (χ2v) is 2.91. The third-order valence-electron chi connectivity index (χ3n) is 1.72. The van der Waals surface area contributed by atoms with Crippen molar-refractivity contribution in [3.05, 3.63) is 11.6 Å². The van der Waals surface area contributed by atoms with Crippen LogP contribution in [0.5, 0.6) is 0 Å². The van der Waals surface area contributed by atoms with Gasteiger partial charge in [-0.2, -0.15) is 10.5 Å². The Hall–Kier alpha value is -1.28. The molecule has 0 aliphatic rings. The Kier molecular flexibility index (Phi) is 4.00. The molecule has 0 fully saturated rings. The first kappa shape index (κ1) is 9.72. The van der Waals surface area contributed by atoms with Crippen LogP contribution in [0.15, 0.2) is 11.6 Å². The molecule has 0 aromatic heterocycles. The van der Waals surface area contributed by atoms with Crippen molar-refractivity contribution in [3.63, 3.8) is 0 Å². The molecule has 58 valence electrons. The minimum Gasteiger partial charge on any atom is -0.192 e. The maximum atomic E-state index is 8.42. The molecular formula is C9H12N2. The van der Waals surface area contributed by atoms with Gasteiger partial charge in [-0.1, -0.05) is 26.8 Å². The van der Waals surface area contributed by atoms with E-state index in [0.29, 0.717) is 11.8 Å². The summed E-state index contributed by atoms with van der Waals surface area (Å²) in [6.45, 7) is 6.13. The molecule has 0 heterocycles. The van der Waals surface area contributed by atoms with Crippen LogP contribution in [0.2, 0.25) is 0 Å². The Morgan fingerprint density at radius 3 is 1.91 bits per heavy atom. The summed E-state index contributed by atoms with van der Waals surface area (Å²) in [4.78, 5) is 0. The van der Waals surface area contributed by atoms with Crippen molar-refractivity contribution in [1.82, 2.24) is 0 Å². The minimum absolute atomic E-state index is 0.214. The summed E-state index contributed by atoms with van der Waals surface area (Å²) in [6.07, 6.45) is 1.71. The van der Waals surface area contributed by atoms with E-state index < -0.39 is 0 Å². The molecule has 2 nitrogen and oxygen atoms in total. The maximum absolute atomic E-state index is 8.42. The van der Waals surface area contributed by atoms with E-state index in [1.54, 1.807) is 6.08 Å². The Bertz CT molecular complexity index is 209. The smallest absolute Gasteiger partial charge is 0.125 e. The number of nitrogens with zero attached hydrogens (tertiary/aromatic N) is 2. The zero-order chi connectivity index (χ0) is 8.85. The van der Waals surface area contributed by atoms with Crippen molar-refractivity contribution in [2.75, 3.05) is 0 Å². The first-order valence-corrected chi connectivity index (χ1v) is 3.63. The van der Waals surface area contributed by atoms with Crippen LogP contribution in [0.1, 0.15) is 20.8 Å². The average Bonchev–Trinajstić information content (AvgIpc) is 1.99. The van der Waals surface area contributed by atoms with Gasteiger partial charge in [0, 0.05) is 0 Å². The van der Waals surface area contributed by atoms with Crippen LogP contribution in [0.25, 0.3) is 0 Å². The van der Waals surface area contributed by atoms with E-state index in [1.165, 1.54) is 0 Å². The predicted molar refractivity (Wildman–Crippen MR) is 43.3 cm³/mol. The fraction of sp³-hybridized carbons (Fsp3) is 0.556. The van der Waals surface area contributed by atoms with Gasteiger partial charge < -0.3 is 0 Å². The summed E-state index contributed by atoms with van der Waals surface area (Å²) in [6, 6.07) is 3.68. The van der Waals surface area contributed by atoms with Gasteiger partial charge in [0.05, 0.1) is 0 Å². The molecular weight excluding hydrogens is 136 g/mol. The molecule has 0 saturated carbocycles. The zero-order valence-electron chi connectivity index (χ0n) is 7.13. The lowest BCUT2D eigenvalue weighted by Crippen LogP contribution is -2.00. The first-order valence-electron chi connectivity index (χ1n) is 3.63. The maximum Gasteiger partial charge on any atom is 0.125 e. The highest BCUT2D eigenvalue weighted by Gasteiger charge is 2.04. The molecule has 0 amide bonds. The third kappa shape index (κ3) is 3.43. The van der Waals surface area contributed by atoms with Gasteiger partial charge in [0.2, 0.25) is 0 Å². The van der Waals surface area contributed by atoms with Crippen molar-refractivity contribution in [3.8, 4) is 12.1 Å². The summed E-state index contributed by atoms with van der Waals surface area (Å²) in [5.74, 6) is 0.774. The van der Waals surface area contributed by atoms with Gasteiger partial charge in [-0.25, -0.2) is 0 Å². The zero-order valence-corrected chi connectivity index (χ0v) is 7.13. The van der Waals surface area contributed by atoms with E-state index in [0.717, 1.165) is 0 Å². The van der Waals surface area contributed by atoms with Crippen LogP contribution in [0, 0.1) is 34.5 Å². The number of rotatable bonds is 2. The normalized spacial score (nSPS) is 11.5. The molecule has 0 N–H and O–H groups in total.